The van der Waals surface area contributed by atoms with Crippen molar-refractivity contribution in [2.45, 2.75) is 19.4 Å². The van der Waals surface area contributed by atoms with Crippen LogP contribution >= 0.6 is 11.6 Å². The zero-order valence-corrected chi connectivity index (χ0v) is 13.2. The van der Waals surface area contributed by atoms with E-state index in [0.717, 1.165) is 12.1 Å². The summed E-state index contributed by atoms with van der Waals surface area (Å²) in [6, 6.07) is 11.4. The van der Waals surface area contributed by atoms with Crippen LogP contribution in [0.4, 0.5) is 18.9 Å². The highest BCUT2D eigenvalue weighted by Crippen LogP contribution is 2.24. The van der Waals surface area contributed by atoms with E-state index in [4.69, 9.17) is 16.3 Å². The minimum atomic E-state index is -4.76. The minimum absolute atomic E-state index is 0.316. The summed E-state index contributed by atoms with van der Waals surface area (Å²) >= 11 is 5.83. The Morgan fingerprint density at radius 2 is 1.79 bits per heavy atom. The number of amides is 1. The summed E-state index contributed by atoms with van der Waals surface area (Å²) in [5.74, 6) is -0.401. The van der Waals surface area contributed by atoms with Crippen LogP contribution in [0.15, 0.2) is 48.5 Å². The molecule has 0 saturated heterocycles. The normalized spacial score (nSPS) is 12.4. The van der Waals surface area contributed by atoms with Crippen molar-refractivity contribution in [2.75, 3.05) is 5.32 Å². The van der Waals surface area contributed by atoms with Gasteiger partial charge in [0.1, 0.15) is 11.5 Å². The molecule has 1 atom stereocenters. The molecular weight excluding hydrogens is 347 g/mol. The molecule has 0 aromatic heterocycles. The Labute approximate surface area is 141 Å². The molecule has 0 heterocycles. The predicted octanol–water partition coefficient (Wildman–Crippen LogP) is 4.64. The number of nitrogens with one attached hydrogen (secondary N) is 1. The summed E-state index contributed by atoms with van der Waals surface area (Å²) in [5.41, 5.74) is 0.316. The van der Waals surface area contributed by atoms with Gasteiger partial charge in [0.15, 0.2) is 6.10 Å². The van der Waals surface area contributed by atoms with E-state index in [1.165, 1.54) is 19.1 Å². The molecule has 4 nitrogen and oxygen atoms in total. The molecule has 0 unspecified atom stereocenters. The van der Waals surface area contributed by atoms with Crippen LogP contribution in [0, 0.1) is 0 Å². The summed E-state index contributed by atoms with van der Waals surface area (Å²) in [6.45, 7) is 1.54. The van der Waals surface area contributed by atoms with Crippen molar-refractivity contribution >= 4 is 23.2 Å². The molecule has 1 N–H and O–H groups in total. The zero-order chi connectivity index (χ0) is 17.7. The van der Waals surface area contributed by atoms with Crippen LogP contribution in [0.2, 0.25) is 5.02 Å². The monoisotopic (exact) mass is 359 g/mol. The maximum absolute atomic E-state index is 12.1. The van der Waals surface area contributed by atoms with Gasteiger partial charge in [0.2, 0.25) is 0 Å². The topological polar surface area (TPSA) is 47.6 Å². The van der Waals surface area contributed by atoms with Crippen LogP contribution in [0.1, 0.15) is 6.92 Å². The highest BCUT2D eigenvalue weighted by Gasteiger charge is 2.31. The van der Waals surface area contributed by atoms with E-state index in [9.17, 15) is 18.0 Å². The first kappa shape index (κ1) is 17.9. The number of rotatable bonds is 5. The van der Waals surface area contributed by atoms with Gasteiger partial charge in [-0.25, -0.2) is 0 Å². The lowest BCUT2D eigenvalue weighted by Crippen LogP contribution is -2.30. The number of anilines is 1. The Hall–Kier alpha value is -2.41. The molecule has 1 amide bonds. The molecule has 2 aromatic carbocycles. The molecule has 0 saturated carbocycles. The quantitative estimate of drug-likeness (QED) is 0.845. The molecule has 0 aliphatic rings. The molecule has 0 bridgehead atoms. The van der Waals surface area contributed by atoms with Crippen molar-refractivity contribution in [3.63, 3.8) is 0 Å². The van der Waals surface area contributed by atoms with Gasteiger partial charge >= 0.3 is 6.36 Å². The van der Waals surface area contributed by atoms with Crippen molar-refractivity contribution < 1.29 is 27.4 Å². The van der Waals surface area contributed by atoms with E-state index in [-0.39, 0.29) is 5.75 Å². The average Bonchev–Trinajstić information content (AvgIpc) is 2.47. The van der Waals surface area contributed by atoms with Crippen molar-refractivity contribution in [3.8, 4) is 11.5 Å². The number of hydrogen-bond acceptors (Lipinski definition) is 3. The third kappa shape index (κ3) is 5.66. The van der Waals surface area contributed by atoms with Gasteiger partial charge in [-0.15, -0.1) is 13.2 Å². The second kappa shape index (κ2) is 7.44. The highest BCUT2D eigenvalue weighted by molar-refractivity contribution is 6.30. The van der Waals surface area contributed by atoms with Crippen molar-refractivity contribution in [1.82, 2.24) is 0 Å². The number of carbonyl (C=O) groups is 1. The lowest BCUT2D eigenvalue weighted by atomic mass is 10.2. The van der Waals surface area contributed by atoms with Crippen LogP contribution in [-0.2, 0) is 4.79 Å². The Bertz CT molecular complexity index is 704. The fourth-order valence-electron chi connectivity index (χ4n) is 1.78. The Morgan fingerprint density at radius 1 is 1.12 bits per heavy atom. The third-order valence-corrected chi connectivity index (χ3v) is 3.07. The van der Waals surface area contributed by atoms with Gasteiger partial charge in [0.25, 0.3) is 5.91 Å². The largest absolute Gasteiger partial charge is 0.573 e. The fourth-order valence-corrected chi connectivity index (χ4v) is 1.96. The lowest BCUT2D eigenvalue weighted by molar-refractivity contribution is -0.274. The van der Waals surface area contributed by atoms with E-state index < -0.39 is 18.4 Å². The van der Waals surface area contributed by atoms with Crippen LogP contribution in [-0.4, -0.2) is 18.4 Å². The molecule has 8 heteroatoms. The van der Waals surface area contributed by atoms with Gasteiger partial charge in [0.05, 0.1) is 0 Å². The Kier molecular flexibility index (Phi) is 5.56. The van der Waals surface area contributed by atoms with Crippen LogP contribution in [0.5, 0.6) is 11.5 Å². The molecule has 2 rings (SSSR count). The number of ether oxygens (including phenoxy) is 2. The molecule has 0 radical (unpaired) electrons. The standard InChI is InChI=1S/C16H13ClF3NO3/c1-10(23-14-4-2-3-11(17)9-14)15(22)21-12-5-7-13(8-6-12)24-16(18,19)20/h2-10H,1H3,(H,21,22)/t10-/m1/s1. The first-order chi connectivity index (χ1) is 11.2. The van der Waals surface area contributed by atoms with E-state index in [2.05, 4.69) is 10.1 Å². The van der Waals surface area contributed by atoms with Gasteiger partial charge < -0.3 is 14.8 Å². The van der Waals surface area contributed by atoms with Crippen molar-refractivity contribution in [1.29, 1.82) is 0 Å². The molecule has 2 aromatic rings. The second-order valence-electron chi connectivity index (χ2n) is 4.78. The summed E-state index contributed by atoms with van der Waals surface area (Å²) in [4.78, 5) is 12.0. The first-order valence-electron chi connectivity index (χ1n) is 6.82. The molecule has 0 aliphatic carbocycles. The van der Waals surface area contributed by atoms with E-state index >= 15 is 0 Å². The highest BCUT2D eigenvalue weighted by atomic mass is 35.5. The van der Waals surface area contributed by atoms with Crippen LogP contribution in [0.25, 0.3) is 0 Å². The molecule has 128 valence electrons. The number of halogens is 4. The summed E-state index contributed by atoms with van der Waals surface area (Å²) in [5, 5.41) is 3.01. The van der Waals surface area contributed by atoms with E-state index in [0.29, 0.717) is 16.5 Å². The molecule has 0 aliphatic heterocycles. The molecular formula is C16H13ClF3NO3. The Morgan fingerprint density at radius 3 is 2.38 bits per heavy atom. The maximum Gasteiger partial charge on any atom is 0.573 e. The van der Waals surface area contributed by atoms with Gasteiger partial charge in [-0.05, 0) is 49.4 Å². The van der Waals surface area contributed by atoms with Gasteiger partial charge in [-0.2, -0.15) is 0 Å². The number of carbonyl (C=O) groups excluding carboxylic acids is 1. The van der Waals surface area contributed by atoms with Crippen LogP contribution in [0.3, 0.4) is 0 Å². The van der Waals surface area contributed by atoms with Crippen molar-refractivity contribution in [2.24, 2.45) is 0 Å². The van der Waals surface area contributed by atoms with Crippen molar-refractivity contribution in [3.05, 3.63) is 53.6 Å². The number of alkyl halides is 3. The number of hydrogen-bond donors (Lipinski definition) is 1. The smallest absolute Gasteiger partial charge is 0.481 e. The first-order valence-corrected chi connectivity index (χ1v) is 7.19. The summed E-state index contributed by atoms with van der Waals surface area (Å²) in [7, 11) is 0. The lowest BCUT2D eigenvalue weighted by Gasteiger charge is -2.15. The Balaban J connectivity index is 1.93. The SMILES string of the molecule is C[C@@H](Oc1cccc(Cl)c1)C(=O)Nc1ccc(OC(F)(F)F)cc1. The zero-order valence-electron chi connectivity index (χ0n) is 12.4. The second-order valence-corrected chi connectivity index (χ2v) is 5.22. The predicted molar refractivity (Wildman–Crippen MR) is 83.3 cm³/mol. The molecule has 24 heavy (non-hydrogen) atoms. The number of benzene rings is 2. The van der Waals surface area contributed by atoms with E-state index in [1.54, 1.807) is 24.3 Å². The molecule has 0 spiro atoms. The van der Waals surface area contributed by atoms with E-state index in [1.807, 2.05) is 0 Å². The third-order valence-electron chi connectivity index (χ3n) is 2.83. The van der Waals surface area contributed by atoms with Gasteiger partial charge in [0, 0.05) is 10.7 Å². The molecule has 0 fully saturated rings. The fraction of sp³-hybridized carbons (Fsp3) is 0.188. The van der Waals surface area contributed by atoms with Crippen LogP contribution < -0.4 is 14.8 Å². The summed E-state index contributed by atoms with van der Waals surface area (Å²) in [6.07, 6.45) is -5.58. The minimum Gasteiger partial charge on any atom is -0.481 e. The average molecular weight is 360 g/mol. The van der Waals surface area contributed by atoms with Gasteiger partial charge in [-0.3, -0.25) is 4.79 Å². The maximum atomic E-state index is 12.1. The summed E-state index contributed by atoms with van der Waals surface area (Å²) < 4.78 is 45.4. The van der Waals surface area contributed by atoms with Gasteiger partial charge in [-0.1, -0.05) is 17.7 Å².